The Kier molecular flexibility index (Phi) is 5.31. The number of benzene rings is 2. The second kappa shape index (κ2) is 8.24. The average molecular weight is 438 g/mol. The summed E-state index contributed by atoms with van der Waals surface area (Å²) in [6.45, 7) is 0. The zero-order valence-electron chi connectivity index (χ0n) is 16.2. The van der Waals surface area contributed by atoms with E-state index in [1.807, 2.05) is 42.5 Å². The molecule has 0 amide bonds. The third-order valence-corrected chi connectivity index (χ3v) is 6.75. The Hall–Kier alpha value is -2.64. The zero-order valence-corrected chi connectivity index (χ0v) is 17.8. The lowest BCUT2D eigenvalue weighted by atomic mass is 10.2. The van der Waals surface area contributed by atoms with Crippen LogP contribution in [0.1, 0.15) is 37.5 Å². The summed E-state index contributed by atoms with van der Waals surface area (Å²) in [7, 11) is 0. The molecular weight excluding hydrogens is 418 g/mol. The number of fused-ring (bicyclic) bond motifs is 1. The summed E-state index contributed by atoms with van der Waals surface area (Å²) in [6.07, 6.45) is 4.62. The summed E-state index contributed by atoms with van der Waals surface area (Å²) in [5.74, 6) is 1.94. The quantitative estimate of drug-likeness (QED) is 0.432. The van der Waals surface area contributed by atoms with E-state index < -0.39 is 0 Å². The van der Waals surface area contributed by atoms with Gasteiger partial charge in [0.25, 0.3) is 5.56 Å². The van der Waals surface area contributed by atoms with Crippen molar-refractivity contribution in [2.75, 3.05) is 0 Å². The van der Waals surface area contributed by atoms with Gasteiger partial charge in [0, 0.05) is 11.6 Å². The van der Waals surface area contributed by atoms with E-state index >= 15 is 0 Å². The number of aromatic amines is 1. The maximum absolute atomic E-state index is 12.4. The molecule has 0 aliphatic heterocycles. The molecule has 1 fully saturated rings. The molecule has 152 valence electrons. The van der Waals surface area contributed by atoms with E-state index in [0.29, 0.717) is 33.5 Å². The lowest BCUT2D eigenvalue weighted by Gasteiger charge is -2.17. The number of rotatable bonds is 5. The van der Waals surface area contributed by atoms with Gasteiger partial charge in [-0.25, -0.2) is 4.98 Å². The van der Waals surface area contributed by atoms with Crippen LogP contribution in [-0.2, 0) is 5.75 Å². The van der Waals surface area contributed by atoms with Crippen molar-refractivity contribution in [3.8, 4) is 11.4 Å². The minimum atomic E-state index is -0.120. The van der Waals surface area contributed by atoms with Gasteiger partial charge in [-0.2, -0.15) is 0 Å². The van der Waals surface area contributed by atoms with Crippen molar-refractivity contribution in [2.45, 2.75) is 42.6 Å². The van der Waals surface area contributed by atoms with Gasteiger partial charge in [0.15, 0.2) is 11.0 Å². The number of aromatic nitrogens is 5. The van der Waals surface area contributed by atoms with Gasteiger partial charge >= 0.3 is 0 Å². The van der Waals surface area contributed by atoms with Gasteiger partial charge in [0.2, 0.25) is 0 Å². The molecule has 2 aromatic heterocycles. The van der Waals surface area contributed by atoms with Gasteiger partial charge in [-0.3, -0.25) is 9.36 Å². The molecule has 0 bridgehead atoms. The predicted molar refractivity (Wildman–Crippen MR) is 120 cm³/mol. The largest absolute Gasteiger partial charge is 0.309 e. The van der Waals surface area contributed by atoms with Crippen molar-refractivity contribution in [1.29, 1.82) is 0 Å². The normalized spacial score (nSPS) is 14.6. The summed E-state index contributed by atoms with van der Waals surface area (Å²) >= 11 is 7.99. The molecule has 30 heavy (non-hydrogen) atoms. The van der Waals surface area contributed by atoms with E-state index in [4.69, 9.17) is 11.6 Å². The number of nitrogens with zero attached hydrogens (tertiary/aromatic N) is 4. The van der Waals surface area contributed by atoms with Crippen molar-refractivity contribution in [2.24, 2.45) is 0 Å². The van der Waals surface area contributed by atoms with Gasteiger partial charge in [-0.05, 0) is 37.1 Å². The van der Waals surface area contributed by atoms with Crippen LogP contribution in [0, 0.1) is 0 Å². The molecule has 5 rings (SSSR count). The number of para-hydroxylation sites is 1. The molecular formula is C22H20ClN5OS. The molecule has 0 saturated heterocycles. The highest BCUT2D eigenvalue weighted by Crippen LogP contribution is 2.38. The Balaban J connectivity index is 1.49. The van der Waals surface area contributed by atoms with E-state index in [9.17, 15) is 4.79 Å². The van der Waals surface area contributed by atoms with E-state index in [1.54, 1.807) is 6.07 Å². The Morgan fingerprint density at radius 2 is 1.83 bits per heavy atom. The maximum atomic E-state index is 12.4. The van der Waals surface area contributed by atoms with E-state index in [1.165, 1.54) is 24.6 Å². The second-order valence-electron chi connectivity index (χ2n) is 7.41. The molecule has 8 heteroatoms. The van der Waals surface area contributed by atoms with Crippen LogP contribution in [0.5, 0.6) is 0 Å². The van der Waals surface area contributed by atoms with Gasteiger partial charge in [0.05, 0.1) is 21.7 Å². The third-order valence-electron chi connectivity index (χ3n) is 5.47. The van der Waals surface area contributed by atoms with Crippen LogP contribution in [0.15, 0.2) is 58.5 Å². The van der Waals surface area contributed by atoms with Gasteiger partial charge in [-0.15, -0.1) is 10.2 Å². The fourth-order valence-corrected chi connectivity index (χ4v) is 5.13. The van der Waals surface area contributed by atoms with E-state index in [2.05, 4.69) is 24.7 Å². The summed E-state index contributed by atoms with van der Waals surface area (Å²) in [5, 5.41) is 11.1. The van der Waals surface area contributed by atoms with Crippen molar-refractivity contribution in [3.63, 3.8) is 0 Å². The summed E-state index contributed by atoms with van der Waals surface area (Å²) in [6, 6.07) is 15.5. The highest BCUT2D eigenvalue weighted by Gasteiger charge is 2.25. The Bertz CT molecular complexity index is 1260. The summed E-state index contributed by atoms with van der Waals surface area (Å²) in [5.41, 5.74) is 1.47. The van der Waals surface area contributed by atoms with Crippen LogP contribution in [0.3, 0.4) is 0 Å². The van der Waals surface area contributed by atoms with Gasteiger partial charge < -0.3 is 4.98 Å². The van der Waals surface area contributed by atoms with Gasteiger partial charge in [-0.1, -0.05) is 60.5 Å². The molecule has 1 saturated carbocycles. The Labute approximate surface area is 182 Å². The van der Waals surface area contributed by atoms with E-state index in [0.717, 1.165) is 29.4 Å². The SMILES string of the molecule is O=c1[nH]c(CSc2nnc(-c3ccccc3Cl)n2C2CCCC2)nc2ccccc12. The fourth-order valence-electron chi connectivity index (χ4n) is 4.03. The molecule has 0 unspecified atom stereocenters. The van der Waals surface area contributed by atoms with Crippen molar-refractivity contribution in [3.05, 3.63) is 69.7 Å². The van der Waals surface area contributed by atoms with Crippen LogP contribution in [-0.4, -0.2) is 24.7 Å². The minimum absolute atomic E-state index is 0.120. The fraction of sp³-hybridized carbons (Fsp3) is 0.273. The number of hydrogen-bond donors (Lipinski definition) is 1. The standard InChI is InChI=1S/C22H20ClN5OS/c23-17-11-5-3-9-15(17)20-26-27-22(28(20)14-7-1-2-8-14)30-13-19-24-18-12-6-4-10-16(18)21(29)25-19/h3-6,9-12,14H,1-2,7-8,13H2,(H,24,25,29). The molecule has 1 aliphatic carbocycles. The predicted octanol–water partition coefficient (Wildman–Crippen LogP) is 5.24. The average Bonchev–Trinajstić information content (AvgIpc) is 3.42. The Morgan fingerprint density at radius 3 is 2.67 bits per heavy atom. The van der Waals surface area contributed by atoms with Gasteiger partial charge in [0.1, 0.15) is 5.82 Å². The molecule has 6 nitrogen and oxygen atoms in total. The number of hydrogen-bond acceptors (Lipinski definition) is 5. The smallest absolute Gasteiger partial charge is 0.258 e. The van der Waals surface area contributed by atoms with Crippen LogP contribution < -0.4 is 5.56 Å². The molecule has 0 radical (unpaired) electrons. The molecule has 4 aromatic rings. The van der Waals surface area contributed by atoms with Crippen molar-refractivity contribution < 1.29 is 0 Å². The number of H-pyrrole nitrogens is 1. The summed E-state index contributed by atoms with van der Waals surface area (Å²) in [4.78, 5) is 19.9. The molecule has 0 atom stereocenters. The first-order valence-electron chi connectivity index (χ1n) is 10.0. The van der Waals surface area contributed by atoms with Crippen molar-refractivity contribution in [1.82, 2.24) is 24.7 Å². The number of thioether (sulfide) groups is 1. The van der Waals surface area contributed by atoms with Crippen molar-refractivity contribution >= 4 is 34.3 Å². The summed E-state index contributed by atoms with van der Waals surface area (Å²) < 4.78 is 2.22. The molecule has 1 N–H and O–H groups in total. The highest BCUT2D eigenvalue weighted by atomic mass is 35.5. The van der Waals surface area contributed by atoms with Crippen LogP contribution in [0.25, 0.3) is 22.3 Å². The minimum Gasteiger partial charge on any atom is -0.309 e. The lowest BCUT2D eigenvalue weighted by Crippen LogP contribution is -2.12. The lowest BCUT2D eigenvalue weighted by molar-refractivity contribution is 0.485. The third kappa shape index (κ3) is 3.63. The van der Waals surface area contributed by atoms with E-state index in [-0.39, 0.29) is 5.56 Å². The molecule has 2 heterocycles. The Morgan fingerprint density at radius 1 is 1.07 bits per heavy atom. The molecule has 1 aliphatic rings. The van der Waals surface area contributed by atoms with Crippen LogP contribution >= 0.6 is 23.4 Å². The maximum Gasteiger partial charge on any atom is 0.258 e. The number of halogens is 1. The first-order chi connectivity index (χ1) is 14.7. The molecule has 2 aromatic carbocycles. The topological polar surface area (TPSA) is 76.5 Å². The zero-order chi connectivity index (χ0) is 20.5. The second-order valence-corrected chi connectivity index (χ2v) is 8.76. The van der Waals surface area contributed by atoms with Crippen LogP contribution in [0.2, 0.25) is 5.02 Å². The first kappa shape index (κ1) is 19.3. The van der Waals surface area contributed by atoms with Crippen LogP contribution in [0.4, 0.5) is 0 Å². The molecule has 0 spiro atoms. The number of nitrogens with one attached hydrogen (secondary N) is 1. The first-order valence-corrected chi connectivity index (χ1v) is 11.4. The monoisotopic (exact) mass is 437 g/mol. The highest BCUT2D eigenvalue weighted by molar-refractivity contribution is 7.98.